The number of nitrogens with one attached hydrogen (secondary N) is 5. The Labute approximate surface area is 826 Å². The minimum Gasteiger partial charge on any atom is -0.494 e. The lowest BCUT2D eigenvalue weighted by molar-refractivity contribution is -0.384. The first-order chi connectivity index (χ1) is 70.0. The standard InChI is InChI=1S/C16H19FN4O2.C15H17FN4O3.2C15H16FN3O3.C14H15N3O3.C13H15N3O2.C12H13N3O/c1-3-15(22)20(2)12-6-13(17)16-14(7-12)21(4-5-23-16)9-11-8-18-10-19-11;1-19(15(21)22-2)11-5-12(16)14-13(6-11)20(3-4-23-14)8-10-7-17-9-18-10;1-21-15(20)5-10-4-13-14(6-12(10)16)22-3-2-19(13)8-11-7-17-9-18-11;1-21-14(20)6-10-4-12(16)15-13(5-10)19(2-3-22-15)8-11-7-17-9-18-11;1-10-7-12(17(18)19)8-13-14(10)20-6-5-16(13)9-11-3-2-4-15-11;1-17-11-3-2-4-12-13(11)16(5-6-18-12)8-10-7-14-9-15-10;1-3-10(13-5-1)9-15-7-8-16-11-4-2-6-14-12(11)15/h6-8,10H,3-5,9H2,1-2H3,(H,18,19);5-7,9H,3-4,8H2,1-2H3,(H,17,18);4,6-7,9H,2-3,5,8H2,1H3,(H,17,18);4-5,7,9H,2-3,6,8H2,1H3,(H,17,18);3-4,7-8H,2,5-6,9H2,1H3;2-4,7,9H,5-6,8H2,1H3,(H,14,15);2-6H,1,7-9H2. The van der Waals surface area contributed by atoms with Gasteiger partial charge in [0.05, 0.1) is 243 Å². The molecule has 0 saturated carbocycles. The summed E-state index contributed by atoms with van der Waals surface area (Å²) in [7, 11) is 8.72. The van der Waals surface area contributed by atoms with Crippen molar-refractivity contribution in [2.75, 3.05) is 192 Å². The predicted molar refractivity (Wildman–Crippen MR) is 530 cm³/mol. The van der Waals surface area contributed by atoms with E-state index in [9.17, 15) is 46.9 Å². The number of nitrogens with zero attached hydrogens (tertiary/aromatic N) is 18. The van der Waals surface area contributed by atoms with Crippen LogP contribution in [0.25, 0.3) is 0 Å². The normalized spacial score (nSPS) is 14.4. The highest BCUT2D eigenvalue weighted by atomic mass is 19.1. The Bertz CT molecular complexity index is 6380. The van der Waals surface area contributed by atoms with Gasteiger partial charge in [0.1, 0.15) is 80.8 Å². The lowest BCUT2D eigenvalue weighted by atomic mass is 10.1. The molecular weight excluding hydrogens is 1870 g/mol. The number of aromatic nitrogens is 11. The highest BCUT2D eigenvalue weighted by molar-refractivity contribution is 5.94. The molecule has 6 aromatic heterocycles. The number of H-pyrrole nitrogens is 5. The Morgan fingerprint density at radius 1 is 0.451 bits per heavy atom. The number of aliphatic imine (C=N–C) groups is 2. The van der Waals surface area contributed by atoms with E-state index in [1.165, 1.54) is 62.4 Å². The number of nitro groups is 1. The number of para-hydroxylation sites is 1. The van der Waals surface area contributed by atoms with E-state index in [1.54, 1.807) is 120 Å². The summed E-state index contributed by atoms with van der Waals surface area (Å²) >= 11 is 0. The fraction of sp³-hybridized carbons (Fsp3) is 0.340. The number of fused-ring (bicyclic) bond motifs is 7. The zero-order valence-corrected chi connectivity index (χ0v) is 80.7. The Balaban J connectivity index is 0.000000127. The van der Waals surface area contributed by atoms with Gasteiger partial charge in [-0.1, -0.05) is 25.1 Å². The third-order valence-electron chi connectivity index (χ3n) is 24.0. The number of hydrogen-bond acceptors (Lipinski definition) is 32. The van der Waals surface area contributed by atoms with Gasteiger partial charge in [-0.25, -0.2) is 52.3 Å². The number of carbonyl (C=O) groups is 4. The quantitative estimate of drug-likeness (QED) is 0.0130. The largest absolute Gasteiger partial charge is 0.494 e. The Morgan fingerprint density at radius 3 is 1.36 bits per heavy atom. The summed E-state index contributed by atoms with van der Waals surface area (Å²) in [4.78, 5) is 122. The summed E-state index contributed by atoms with van der Waals surface area (Å²) in [5, 5.41) is 11.0. The molecule has 12 aromatic rings. The van der Waals surface area contributed by atoms with Crippen molar-refractivity contribution in [3.63, 3.8) is 0 Å². The van der Waals surface area contributed by atoms with Gasteiger partial charge in [0.15, 0.2) is 46.3 Å². The van der Waals surface area contributed by atoms with E-state index >= 15 is 0 Å². The van der Waals surface area contributed by atoms with Crippen molar-refractivity contribution < 1.29 is 93.8 Å². The molecule has 2 amide bonds. The van der Waals surface area contributed by atoms with Crippen molar-refractivity contribution in [3.05, 3.63) is 262 Å². The monoisotopic (exact) mass is 1980 g/mol. The molecule has 0 atom stereocenters. The Kier molecular flexibility index (Phi) is 34.4. The molecule has 0 fully saturated rings. The number of non-ortho nitro benzene ring substituents is 1. The van der Waals surface area contributed by atoms with Crippen molar-refractivity contribution in [2.24, 2.45) is 9.98 Å². The molecule has 0 aliphatic carbocycles. The lowest BCUT2D eigenvalue weighted by Crippen LogP contribution is -2.34. The molecule has 0 saturated heterocycles. The second-order valence-electron chi connectivity index (χ2n) is 33.5. The van der Waals surface area contributed by atoms with Crippen LogP contribution < -0.4 is 82.0 Å². The van der Waals surface area contributed by atoms with Crippen molar-refractivity contribution in [1.82, 2.24) is 54.8 Å². The zero-order chi connectivity index (χ0) is 101. The van der Waals surface area contributed by atoms with E-state index in [0.29, 0.717) is 157 Å². The van der Waals surface area contributed by atoms with Crippen molar-refractivity contribution in [2.45, 2.75) is 78.7 Å². The predicted octanol–water partition coefficient (Wildman–Crippen LogP) is 13.7. The first-order valence-electron chi connectivity index (χ1n) is 46.4. The van der Waals surface area contributed by atoms with Gasteiger partial charge < -0.3 is 116 Å². The van der Waals surface area contributed by atoms with Gasteiger partial charge in [0, 0.05) is 125 Å². The number of benzene rings is 6. The molecule has 9 aliphatic heterocycles. The van der Waals surface area contributed by atoms with Crippen LogP contribution in [0.4, 0.5) is 79.4 Å². The number of aryl methyl sites for hydroxylation is 1. The van der Waals surface area contributed by atoms with Crippen LogP contribution in [0, 0.1) is 40.3 Å². The number of allylic oxidation sites excluding steroid dienone is 2. The topological polar surface area (TPSA) is 423 Å². The van der Waals surface area contributed by atoms with Crippen LogP contribution in [-0.2, 0) is 74.2 Å². The third kappa shape index (κ3) is 25.8. The number of halogens is 4. The fourth-order valence-electron chi connectivity index (χ4n) is 16.7. The molecule has 15 heterocycles. The number of hydrogen-bond donors (Lipinski definition) is 5. The van der Waals surface area contributed by atoms with Crippen LogP contribution in [0.5, 0.6) is 46.0 Å². The van der Waals surface area contributed by atoms with E-state index in [2.05, 4.69) is 111 Å². The highest BCUT2D eigenvalue weighted by Crippen LogP contribution is 2.45. The molecule has 144 heavy (non-hydrogen) atoms. The number of methoxy groups -OCH3 is 4. The van der Waals surface area contributed by atoms with Gasteiger partial charge in [-0.05, 0) is 72.6 Å². The first kappa shape index (κ1) is 102. The summed E-state index contributed by atoms with van der Waals surface area (Å²) in [5.41, 5.74) is 14.0. The number of ether oxygens (including phenoxy) is 11. The number of aromatic amines is 5. The number of anilines is 9. The van der Waals surface area contributed by atoms with E-state index in [4.69, 9.17) is 37.9 Å². The van der Waals surface area contributed by atoms with E-state index in [1.807, 2.05) is 70.6 Å². The lowest BCUT2D eigenvalue weighted by Gasteiger charge is -2.32. The smallest absolute Gasteiger partial charge is 0.413 e. The van der Waals surface area contributed by atoms with Gasteiger partial charge >= 0.3 is 18.0 Å². The summed E-state index contributed by atoms with van der Waals surface area (Å²) in [6.45, 7) is 16.8. The van der Waals surface area contributed by atoms with Crippen molar-refractivity contribution >= 4 is 93.4 Å². The summed E-state index contributed by atoms with van der Waals surface area (Å²) < 4.78 is 115. The maximum absolute atomic E-state index is 14.4. The van der Waals surface area contributed by atoms with Crippen molar-refractivity contribution in [1.29, 1.82) is 0 Å². The average molecular weight is 1980 g/mol. The second-order valence-corrected chi connectivity index (χ2v) is 33.5. The number of pyridine rings is 1. The summed E-state index contributed by atoms with van der Waals surface area (Å²) in [6, 6.07) is 25.0. The number of nitro benzene ring substituents is 1. The number of carbonyl (C=O) groups excluding carboxylic acids is 4. The molecule has 0 spiro atoms. The number of amides is 2. The summed E-state index contributed by atoms with van der Waals surface area (Å²) in [5.74, 6) is 2.53. The maximum atomic E-state index is 14.4. The van der Waals surface area contributed by atoms with Crippen LogP contribution in [0.1, 0.15) is 71.3 Å². The summed E-state index contributed by atoms with van der Waals surface area (Å²) in [6.07, 6.45) is 28.2. The number of imidazole rings is 5. The molecular formula is C100H111F4N23O17. The molecule has 21 rings (SSSR count). The molecule has 0 unspecified atom stereocenters. The zero-order valence-electron chi connectivity index (χ0n) is 80.7. The van der Waals surface area contributed by atoms with Crippen LogP contribution in [0.3, 0.4) is 0 Å². The van der Waals surface area contributed by atoms with Crippen molar-refractivity contribution in [3.8, 4) is 46.0 Å². The first-order valence-corrected chi connectivity index (χ1v) is 46.4. The fourth-order valence-corrected chi connectivity index (χ4v) is 16.7. The van der Waals surface area contributed by atoms with E-state index in [-0.39, 0.29) is 46.6 Å². The molecule has 0 bridgehead atoms. The maximum Gasteiger partial charge on any atom is 0.413 e. The number of rotatable bonds is 23. The van der Waals surface area contributed by atoms with Crippen LogP contribution in [-0.4, -0.2) is 244 Å². The Hall–Kier alpha value is -16.9. The van der Waals surface area contributed by atoms with Gasteiger partial charge in [0.25, 0.3) is 5.69 Å². The SMILES string of the molecule is C1=NC(CN2CCOc3cccnc32)=CC1.CCC(=O)N(C)c1cc(F)c2c(c1)N(Cc1cnc[nH]1)CCO2.COC(=O)Cc1cc(F)c2c(c1)N(Cc1cnc[nH]1)CCO2.COC(=O)Cc1cc2c(cc1F)OCCN2Cc1cnc[nH]1.COC(=O)N(C)c1cc(F)c2c(c1)N(Cc1cnc[nH]1)CCO2.COc1cccc2c1N(Cc1cnc[nH]1)CCO2.Cc1cc([N+](=O)[O-])cc2c1OCCN2CC1=CCC=N1. The third-order valence-corrected chi connectivity index (χ3v) is 24.0. The van der Waals surface area contributed by atoms with Crippen LogP contribution >= 0.6 is 0 Å². The van der Waals surface area contributed by atoms with Gasteiger partial charge in [0.2, 0.25) is 5.91 Å². The molecule has 40 nitrogen and oxygen atoms in total. The van der Waals surface area contributed by atoms with Gasteiger partial charge in [-0.2, -0.15) is 0 Å². The number of esters is 2. The van der Waals surface area contributed by atoms with E-state index in [0.717, 1.165) is 137 Å². The molecule has 9 aliphatic rings. The molecule has 44 heteroatoms. The van der Waals surface area contributed by atoms with Gasteiger partial charge in [-0.15, -0.1) is 0 Å². The minimum absolute atomic E-state index is 0.0264. The van der Waals surface area contributed by atoms with Crippen LogP contribution in [0.2, 0.25) is 0 Å². The Morgan fingerprint density at radius 2 is 0.882 bits per heavy atom. The van der Waals surface area contributed by atoms with Gasteiger partial charge in [-0.3, -0.25) is 39.4 Å². The molecule has 756 valence electrons. The minimum atomic E-state index is -0.568. The average Bonchev–Trinajstić information content (AvgIpc) is 0.934. The molecule has 5 N–H and O–H groups in total. The molecule has 0 radical (unpaired) electrons. The highest BCUT2D eigenvalue weighted by Gasteiger charge is 2.33. The molecule has 6 aromatic carbocycles. The van der Waals surface area contributed by atoms with E-state index < -0.39 is 41.3 Å². The van der Waals surface area contributed by atoms with Crippen LogP contribution in [0.15, 0.2) is 193 Å². The second kappa shape index (κ2) is 48.8.